The highest BCUT2D eigenvalue weighted by atomic mass is 32.2. The number of benzene rings is 2. The van der Waals surface area contributed by atoms with Crippen LogP contribution < -0.4 is 14.8 Å². The summed E-state index contributed by atoms with van der Waals surface area (Å²) >= 11 is 0. The quantitative estimate of drug-likeness (QED) is 0.480. The minimum Gasteiger partial charge on any atom is -0.485 e. The van der Waals surface area contributed by atoms with Crippen molar-refractivity contribution in [3.05, 3.63) is 48.0 Å². The van der Waals surface area contributed by atoms with E-state index in [2.05, 4.69) is 25.9 Å². The predicted molar refractivity (Wildman–Crippen MR) is 128 cm³/mol. The summed E-state index contributed by atoms with van der Waals surface area (Å²) in [4.78, 5) is 8.73. The smallest absolute Gasteiger partial charge is 0.146 e. The molecule has 1 fully saturated rings. The Labute approximate surface area is 187 Å². The lowest BCUT2D eigenvalue weighted by molar-refractivity contribution is 0.00712. The minimum absolute atomic E-state index is 0.321. The molecule has 9 heteroatoms. The summed E-state index contributed by atoms with van der Waals surface area (Å²) in [6.07, 6.45) is 5.31. The van der Waals surface area contributed by atoms with Crippen LogP contribution in [0.15, 0.2) is 36.7 Å². The monoisotopic (exact) mass is 458 g/mol. The molecule has 0 saturated heterocycles. The molecule has 170 valence electrons. The molecule has 0 radical (unpaired) electrons. The Morgan fingerprint density at radius 2 is 2.00 bits per heavy atom. The van der Waals surface area contributed by atoms with Crippen LogP contribution in [0.3, 0.4) is 0 Å². The topological polar surface area (TPSA) is 96.4 Å². The molecule has 1 aromatic heterocycles. The molecule has 4 rings (SSSR count). The van der Waals surface area contributed by atoms with E-state index in [1.54, 1.807) is 12.1 Å². The summed E-state index contributed by atoms with van der Waals surface area (Å²) in [5.74, 6) is 4.06. The summed E-state index contributed by atoms with van der Waals surface area (Å²) in [5, 5.41) is 14.3. The van der Waals surface area contributed by atoms with Crippen molar-refractivity contribution in [3.8, 4) is 5.75 Å². The van der Waals surface area contributed by atoms with Crippen molar-refractivity contribution in [1.82, 2.24) is 9.97 Å². The van der Waals surface area contributed by atoms with Crippen LogP contribution in [0.5, 0.6) is 5.75 Å². The number of halogens is 1. The molecule has 2 aromatic carbocycles. The van der Waals surface area contributed by atoms with Crippen LogP contribution in [0, 0.1) is 12.7 Å². The highest BCUT2D eigenvalue weighted by Gasteiger charge is 2.26. The Bertz CT molecular complexity index is 1250. The second-order valence-corrected chi connectivity index (χ2v) is 10.5. The van der Waals surface area contributed by atoms with E-state index in [-0.39, 0.29) is 6.10 Å². The van der Waals surface area contributed by atoms with Gasteiger partial charge in [0.15, 0.2) is 0 Å². The van der Waals surface area contributed by atoms with Crippen molar-refractivity contribution in [2.24, 2.45) is 0 Å². The fraction of sp³-hybridized carbons (Fsp3) is 0.348. The van der Waals surface area contributed by atoms with Crippen molar-refractivity contribution in [3.63, 3.8) is 0 Å². The van der Waals surface area contributed by atoms with Crippen LogP contribution >= 0.6 is 0 Å². The van der Waals surface area contributed by atoms with Gasteiger partial charge in [0.1, 0.15) is 29.8 Å². The number of hydrogen-bond donors (Lipinski definition) is 3. The first-order valence-electron chi connectivity index (χ1n) is 10.5. The summed E-state index contributed by atoms with van der Waals surface area (Å²) in [6, 6.07) is 7.88. The number of anilines is 3. The first kappa shape index (κ1) is 22.3. The van der Waals surface area contributed by atoms with Gasteiger partial charge < -0.3 is 19.9 Å². The molecule has 0 aliphatic heterocycles. The van der Waals surface area contributed by atoms with Gasteiger partial charge in [0.2, 0.25) is 0 Å². The highest BCUT2D eigenvalue weighted by Crippen LogP contribution is 2.35. The number of nitrogens with one attached hydrogen (secondary N) is 2. The molecule has 1 saturated carbocycles. The summed E-state index contributed by atoms with van der Waals surface area (Å²) < 4.78 is 35.0. The highest BCUT2D eigenvalue weighted by molar-refractivity contribution is 8.00. The number of aliphatic hydroxyl groups excluding tert-OH is 1. The minimum atomic E-state index is -2.43. The van der Waals surface area contributed by atoms with Crippen molar-refractivity contribution in [2.45, 2.75) is 44.8 Å². The first-order chi connectivity index (χ1) is 15.2. The summed E-state index contributed by atoms with van der Waals surface area (Å²) in [5.41, 5.74) is 2.71. The van der Waals surface area contributed by atoms with E-state index in [9.17, 15) is 13.7 Å². The van der Waals surface area contributed by atoms with E-state index in [0.717, 1.165) is 30.2 Å². The van der Waals surface area contributed by atoms with E-state index in [1.165, 1.54) is 24.7 Å². The molecule has 7 nitrogen and oxygen atoms in total. The van der Waals surface area contributed by atoms with Crippen LogP contribution in [0.4, 0.5) is 21.6 Å². The van der Waals surface area contributed by atoms with Crippen molar-refractivity contribution >= 4 is 43.7 Å². The number of fused-ring (bicyclic) bond motifs is 1. The number of hydrogen-bond acceptors (Lipinski definition) is 6. The second kappa shape index (κ2) is 8.91. The Kier molecular flexibility index (Phi) is 6.21. The zero-order valence-corrected chi connectivity index (χ0v) is 18.9. The normalized spacial score (nSPS) is 20.5. The Morgan fingerprint density at radius 3 is 2.75 bits per heavy atom. The molecular weight excluding hydrogens is 431 g/mol. The Morgan fingerprint density at radius 1 is 1.22 bits per heavy atom. The number of nitrogens with zero attached hydrogens (tertiary/aromatic N) is 2. The molecule has 1 aliphatic rings. The van der Waals surface area contributed by atoms with Gasteiger partial charge in [-0.05, 0) is 61.9 Å². The average Bonchev–Trinajstić information content (AvgIpc) is 2.70. The Hall–Kier alpha value is -2.91. The molecular formula is C23H27FN4O3S. The third-order valence-corrected chi connectivity index (χ3v) is 6.08. The number of rotatable bonds is 6. The molecule has 32 heavy (non-hydrogen) atoms. The van der Waals surface area contributed by atoms with Gasteiger partial charge >= 0.3 is 0 Å². The standard InChI is InChI=1S/C23H27FN4O3S/c1-14-10-16(28-32(2,3)30)12-18-22(14)23(26-13-25-18)27-17-9-8-15(24)11-21(17)31-20-7-5-4-6-19(20)29/h8-13,19-20,29H,2,4-7H2,1,3H3,(H,28,30)(H,25,26,27). The number of ether oxygens (including phenoxy) is 1. The van der Waals surface area contributed by atoms with Gasteiger partial charge in [-0.3, -0.25) is 0 Å². The lowest BCUT2D eigenvalue weighted by Gasteiger charge is -2.29. The van der Waals surface area contributed by atoms with E-state index in [1.807, 2.05) is 13.0 Å². The van der Waals surface area contributed by atoms with Gasteiger partial charge in [0.25, 0.3) is 0 Å². The van der Waals surface area contributed by atoms with Crippen LogP contribution in [0.2, 0.25) is 0 Å². The van der Waals surface area contributed by atoms with Gasteiger partial charge in [0, 0.05) is 33.1 Å². The molecule has 3 N–H and O–H groups in total. The lowest BCUT2D eigenvalue weighted by atomic mass is 9.95. The van der Waals surface area contributed by atoms with Gasteiger partial charge in [-0.1, -0.05) is 6.42 Å². The van der Waals surface area contributed by atoms with E-state index in [4.69, 9.17) is 4.74 Å². The van der Waals surface area contributed by atoms with Gasteiger partial charge in [-0.25, -0.2) is 18.6 Å². The van der Waals surface area contributed by atoms with Gasteiger partial charge in [-0.15, -0.1) is 0 Å². The number of aliphatic hydroxyl groups is 1. The van der Waals surface area contributed by atoms with Crippen LogP contribution in [-0.2, 0) is 9.71 Å². The predicted octanol–water partition coefficient (Wildman–Crippen LogP) is 4.18. The fourth-order valence-corrected chi connectivity index (χ4v) is 4.61. The van der Waals surface area contributed by atoms with Gasteiger partial charge in [-0.2, -0.15) is 0 Å². The Balaban J connectivity index is 1.69. The molecule has 1 aliphatic carbocycles. The molecule has 0 spiro atoms. The third kappa shape index (κ3) is 5.11. The third-order valence-electron chi connectivity index (χ3n) is 5.41. The number of aryl methyl sites for hydroxylation is 1. The lowest BCUT2D eigenvalue weighted by Crippen LogP contribution is -2.34. The largest absolute Gasteiger partial charge is 0.485 e. The second-order valence-electron chi connectivity index (χ2n) is 8.29. The van der Waals surface area contributed by atoms with E-state index >= 15 is 0 Å². The summed E-state index contributed by atoms with van der Waals surface area (Å²) in [7, 11) is -2.43. The van der Waals surface area contributed by atoms with Crippen LogP contribution in [0.25, 0.3) is 10.9 Å². The van der Waals surface area contributed by atoms with E-state index < -0.39 is 21.6 Å². The van der Waals surface area contributed by atoms with Crippen LogP contribution in [0.1, 0.15) is 31.2 Å². The molecule has 3 atom stereocenters. The maximum absolute atomic E-state index is 14.0. The van der Waals surface area contributed by atoms with E-state index in [0.29, 0.717) is 34.9 Å². The first-order valence-corrected chi connectivity index (χ1v) is 12.6. The fourth-order valence-electron chi connectivity index (χ4n) is 4.00. The molecule has 0 bridgehead atoms. The van der Waals surface area contributed by atoms with Crippen molar-refractivity contribution < 1.29 is 18.4 Å². The number of aromatic nitrogens is 2. The van der Waals surface area contributed by atoms with Crippen LogP contribution in [-0.4, -0.2) is 43.6 Å². The molecule has 3 aromatic rings. The zero-order chi connectivity index (χ0) is 22.9. The maximum Gasteiger partial charge on any atom is 0.146 e. The molecule has 1 heterocycles. The van der Waals surface area contributed by atoms with Gasteiger partial charge in [0.05, 0.1) is 17.3 Å². The average molecular weight is 459 g/mol. The molecule has 0 amide bonds. The summed E-state index contributed by atoms with van der Waals surface area (Å²) in [6.45, 7) is 1.91. The molecule has 3 unspecified atom stereocenters. The zero-order valence-electron chi connectivity index (χ0n) is 18.1. The van der Waals surface area contributed by atoms with Crippen molar-refractivity contribution in [1.29, 1.82) is 0 Å². The van der Waals surface area contributed by atoms with Crippen molar-refractivity contribution in [2.75, 3.05) is 16.3 Å². The SMILES string of the molecule is C=S(C)(=O)Nc1cc(C)c2c(Nc3ccc(F)cc3OC3CCCCC3O)ncnc2c1. The maximum atomic E-state index is 14.0.